The summed E-state index contributed by atoms with van der Waals surface area (Å²) in [5.41, 5.74) is 2.61. The molecule has 2 heterocycles. The van der Waals surface area contributed by atoms with Gasteiger partial charge in [0.05, 0.1) is 23.5 Å². The predicted molar refractivity (Wildman–Crippen MR) is 70.3 cm³/mol. The molecule has 0 amide bonds. The number of carbonyl (C=O) groups is 1. The number of pyridine rings is 1. The molecule has 0 aromatic carbocycles. The quantitative estimate of drug-likeness (QED) is 0.867. The van der Waals surface area contributed by atoms with E-state index in [4.69, 9.17) is 5.11 Å². The Balaban J connectivity index is 2.02. The SMILES string of the molecule is Cc1ncccc1Nc1nc(CCC(=O)O)cs1. The van der Waals surface area contributed by atoms with E-state index in [1.165, 1.54) is 11.3 Å². The fraction of sp³-hybridized carbons (Fsp3) is 0.250. The maximum Gasteiger partial charge on any atom is 0.303 e. The number of aliphatic carboxylic acids is 1. The van der Waals surface area contributed by atoms with E-state index in [0.29, 0.717) is 6.42 Å². The molecular weight excluding hydrogens is 250 g/mol. The van der Waals surface area contributed by atoms with Crippen molar-refractivity contribution in [2.75, 3.05) is 5.32 Å². The number of hydrogen-bond donors (Lipinski definition) is 2. The number of hydrogen-bond acceptors (Lipinski definition) is 5. The maximum absolute atomic E-state index is 10.5. The van der Waals surface area contributed by atoms with Crippen LogP contribution in [0.25, 0.3) is 0 Å². The molecule has 2 aromatic rings. The molecule has 6 heteroatoms. The number of anilines is 2. The van der Waals surface area contributed by atoms with Gasteiger partial charge in [0.1, 0.15) is 0 Å². The lowest BCUT2D eigenvalue weighted by molar-refractivity contribution is -0.136. The number of thiazole rings is 1. The van der Waals surface area contributed by atoms with Crippen LogP contribution < -0.4 is 5.32 Å². The van der Waals surface area contributed by atoms with Gasteiger partial charge in [-0.2, -0.15) is 0 Å². The molecule has 2 rings (SSSR count). The zero-order valence-corrected chi connectivity index (χ0v) is 10.7. The van der Waals surface area contributed by atoms with E-state index in [1.807, 2.05) is 24.4 Å². The second kappa shape index (κ2) is 5.59. The minimum atomic E-state index is -0.805. The number of nitrogens with one attached hydrogen (secondary N) is 1. The first kappa shape index (κ1) is 12.5. The molecule has 0 unspecified atom stereocenters. The van der Waals surface area contributed by atoms with Gasteiger partial charge in [0.15, 0.2) is 5.13 Å². The molecule has 5 nitrogen and oxygen atoms in total. The third kappa shape index (κ3) is 3.27. The van der Waals surface area contributed by atoms with Crippen molar-refractivity contribution >= 4 is 28.1 Å². The van der Waals surface area contributed by atoms with Gasteiger partial charge in [0.2, 0.25) is 0 Å². The monoisotopic (exact) mass is 263 g/mol. The summed E-state index contributed by atoms with van der Waals surface area (Å²) in [7, 11) is 0. The molecule has 0 aliphatic rings. The Morgan fingerprint density at radius 2 is 2.39 bits per heavy atom. The number of carboxylic acid groups (broad SMARTS) is 1. The summed E-state index contributed by atoms with van der Waals surface area (Å²) in [5.74, 6) is -0.805. The van der Waals surface area contributed by atoms with Gasteiger partial charge in [0, 0.05) is 18.0 Å². The molecule has 0 fully saturated rings. The summed E-state index contributed by atoms with van der Waals surface area (Å²) in [5, 5.41) is 14.4. The van der Waals surface area contributed by atoms with E-state index in [-0.39, 0.29) is 6.42 Å². The lowest BCUT2D eigenvalue weighted by atomic mass is 10.2. The van der Waals surface area contributed by atoms with Crippen molar-refractivity contribution in [1.82, 2.24) is 9.97 Å². The van der Waals surface area contributed by atoms with Gasteiger partial charge in [-0.3, -0.25) is 9.78 Å². The van der Waals surface area contributed by atoms with Crippen molar-refractivity contribution in [2.45, 2.75) is 19.8 Å². The molecular formula is C12H13N3O2S. The number of carboxylic acids is 1. The van der Waals surface area contributed by atoms with Crippen LogP contribution in [0.3, 0.4) is 0 Å². The molecule has 2 aromatic heterocycles. The molecule has 0 saturated carbocycles. The standard InChI is InChI=1S/C12H13N3O2S/c1-8-10(3-2-6-13-8)15-12-14-9(7-18-12)4-5-11(16)17/h2-3,6-7H,4-5H2,1H3,(H,14,15)(H,16,17). The van der Waals surface area contributed by atoms with Crippen LogP contribution in [0, 0.1) is 6.92 Å². The first-order chi connectivity index (χ1) is 8.65. The minimum Gasteiger partial charge on any atom is -0.481 e. The Morgan fingerprint density at radius 1 is 1.56 bits per heavy atom. The van der Waals surface area contributed by atoms with Crippen LogP contribution in [0.4, 0.5) is 10.8 Å². The highest BCUT2D eigenvalue weighted by Crippen LogP contribution is 2.22. The van der Waals surface area contributed by atoms with Crippen LogP contribution in [0.1, 0.15) is 17.8 Å². The zero-order chi connectivity index (χ0) is 13.0. The molecule has 0 radical (unpaired) electrons. The molecule has 0 bridgehead atoms. The highest BCUT2D eigenvalue weighted by molar-refractivity contribution is 7.13. The first-order valence-corrected chi connectivity index (χ1v) is 6.38. The molecule has 18 heavy (non-hydrogen) atoms. The summed E-state index contributed by atoms with van der Waals surface area (Å²) >= 11 is 1.46. The highest BCUT2D eigenvalue weighted by Gasteiger charge is 2.06. The van der Waals surface area contributed by atoms with E-state index < -0.39 is 5.97 Å². The Morgan fingerprint density at radius 3 is 3.11 bits per heavy atom. The Hall–Kier alpha value is -1.95. The topological polar surface area (TPSA) is 75.1 Å². The molecule has 0 aliphatic heterocycles. The maximum atomic E-state index is 10.5. The Bertz CT molecular complexity index is 554. The second-order valence-electron chi connectivity index (χ2n) is 3.80. The van der Waals surface area contributed by atoms with Gasteiger partial charge in [-0.1, -0.05) is 0 Å². The fourth-order valence-corrected chi connectivity index (χ4v) is 2.20. The van der Waals surface area contributed by atoms with Crippen LogP contribution in [0.5, 0.6) is 0 Å². The van der Waals surface area contributed by atoms with E-state index >= 15 is 0 Å². The van der Waals surface area contributed by atoms with Gasteiger partial charge in [-0.05, 0) is 19.1 Å². The molecule has 0 atom stereocenters. The lowest BCUT2D eigenvalue weighted by Crippen LogP contribution is -1.98. The minimum absolute atomic E-state index is 0.106. The van der Waals surface area contributed by atoms with Gasteiger partial charge < -0.3 is 10.4 Å². The van der Waals surface area contributed by atoms with Crippen LogP contribution >= 0.6 is 11.3 Å². The third-order valence-electron chi connectivity index (χ3n) is 2.40. The number of nitrogens with zero attached hydrogens (tertiary/aromatic N) is 2. The largest absolute Gasteiger partial charge is 0.481 e. The van der Waals surface area contributed by atoms with E-state index in [0.717, 1.165) is 22.2 Å². The van der Waals surface area contributed by atoms with Gasteiger partial charge >= 0.3 is 5.97 Å². The van der Waals surface area contributed by atoms with Crippen molar-refractivity contribution in [3.8, 4) is 0 Å². The highest BCUT2D eigenvalue weighted by atomic mass is 32.1. The van der Waals surface area contributed by atoms with Crippen LogP contribution in [0.15, 0.2) is 23.7 Å². The van der Waals surface area contributed by atoms with Crippen molar-refractivity contribution in [3.05, 3.63) is 35.1 Å². The van der Waals surface area contributed by atoms with Crippen LogP contribution in [-0.2, 0) is 11.2 Å². The Kier molecular flexibility index (Phi) is 3.88. The second-order valence-corrected chi connectivity index (χ2v) is 4.66. The number of aromatic nitrogens is 2. The van der Waals surface area contributed by atoms with E-state index in [9.17, 15) is 4.79 Å². The smallest absolute Gasteiger partial charge is 0.303 e. The Labute approximate surface area is 109 Å². The van der Waals surface area contributed by atoms with E-state index in [2.05, 4.69) is 15.3 Å². The van der Waals surface area contributed by atoms with Crippen LogP contribution in [0.2, 0.25) is 0 Å². The predicted octanol–water partition coefficient (Wildman–Crippen LogP) is 2.61. The molecule has 94 valence electrons. The molecule has 2 N–H and O–H groups in total. The summed E-state index contributed by atoms with van der Waals surface area (Å²) in [4.78, 5) is 19.0. The fourth-order valence-electron chi connectivity index (χ4n) is 1.45. The number of aryl methyl sites for hydroxylation is 2. The average molecular weight is 263 g/mol. The van der Waals surface area contributed by atoms with Crippen molar-refractivity contribution in [1.29, 1.82) is 0 Å². The van der Waals surface area contributed by atoms with Gasteiger partial charge in [-0.15, -0.1) is 11.3 Å². The summed E-state index contributed by atoms with van der Waals surface area (Å²) in [6, 6.07) is 3.79. The molecule has 0 spiro atoms. The third-order valence-corrected chi connectivity index (χ3v) is 3.20. The van der Waals surface area contributed by atoms with Gasteiger partial charge in [0.25, 0.3) is 0 Å². The summed E-state index contributed by atoms with van der Waals surface area (Å²) in [6.45, 7) is 1.92. The molecule has 0 saturated heterocycles. The molecule has 0 aliphatic carbocycles. The van der Waals surface area contributed by atoms with Gasteiger partial charge in [-0.25, -0.2) is 4.98 Å². The number of rotatable bonds is 5. The summed E-state index contributed by atoms with van der Waals surface area (Å²) < 4.78 is 0. The van der Waals surface area contributed by atoms with Crippen molar-refractivity contribution < 1.29 is 9.90 Å². The first-order valence-electron chi connectivity index (χ1n) is 5.50. The van der Waals surface area contributed by atoms with Crippen molar-refractivity contribution in [2.24, 2.45) is 0 Å². The van der Waals surface area contributed by atoms with Crippen molar-refractivity contribution in [3.63, 3.8) is 0 Å². The normalized spacial score (nSPS) is 10.3. The van der Waals surface area contributed by atoms with Crippen LogP contribution in [-0.4, -0.2) is 21.0 Å². The summed E-state index contributed by atoms with van der Waals surface area (Å²) in [6.07, 6.45) is 2.30. The average Bonchev–Trinajstić information content (AvgIpc) is 2.77. The lowest BCUT2D eigenvalue weighted by Gasteiger charge is -2.04. The zero-order valence-electron chi connectivity index (χ0n) is 9.88. The van der Waals surface area contributed by atoms with E-state index in [1.54, 1.807) is 6.20 Å².